The minimum atomic E-state index is -0.781. The average molecular weight is 282 g/mol. The summed E-state index contributed by atoms with van der Waals surface area (Å²) in [5.74, 6) is 0.186. The van der Waals surface area contributed by atoms with E-state index in [0.29, 0.717) is 31.1 Å². The van der Waals surface area contributed by atoms with E-state index in [1.165, 1.54) is 0 Å². The van der Waals surface area contributed by atoms with E-state index in [9.17, 15) is 14.7 Å². The van der Waals surface area contributed by atoms with Gasteiger partial charge in [-0.1, -0.05) is 6.92 Å². The fourth-order valence-electron chi connectivity index (χ4n) is 3.03. The van der Waals surface area contributed by atoms with Crippen molar-refractivity contribution < 1.29 is 14.7 Å². The van der Waals surface area contributed by atoms with Crippen LogP contribution in [0.1, 0.15) is 51.9 Å². The van der Waals surface area contributed by atoms with E-state index in [-0.39, 0.29) is 18.5 Å². The lowest BCUT2D eigenvalue weighted by atomic mass is 9.71. The van der Waals surface area contributed by atoms with Crippen LogP contribution in [0.15, 0.2) is 0 Å². The van der Waals surface area contributed by atoms with Crippen LogP contribution >= 0.6 is 0 Å². The second kappa shape index (κ2) is 6.12. The number of carboxylic acids is 1. The number of aliphatic carboxylic acids is 1. The van der Waals surface area contributed by atoms with E-state index < -0.39 is 11.4 Å². The van der Waals surface area contributed by atoms with Crippen LogP contribution in [0.25, 0.3) is 0 Å². The van der Waals surface area contributed by atoms with Crippen molar-refractivity contribution in [2.45, 2.75) is 57.9 Å². The Morgan fingerprint density at radius 3 is 2.40 bits per heavy atom. The topological polar surface area (TPSA) is 92.4 Å². The van der Waals surface area contributed by atoms with Gasteiger partial charge >= 0.3 is 5.97 Å². The van der Waals surface area contributed by atoms with Crippen LogP contribution in [0.4, 0.5) is 0 Å². The van der Waals surface area contributed by atoms with Crippen molar-refractivity contribution in [1.82, 2.24) is 5.32 Å². The van der Waals surface area contributed by atoms with Crippen molar-refractivity contribution >= 4 is 11.9 Å². The molecule has 2 aliphatic carbocycles. The van der Waals surface area contributed by atoms with Gasteiger partial charge in [0.1, 0.15) is 0 Å². The summed E-state index contributed by atoms with van der Waals surface area (Å²) in [5.41, 5.74) is 5.15. The lowest BCUT2D eigenvalue weighted by Gasteiger charge is -2.35. The second-order valence-electron chi connectivity index (χ2n) is 6.75. The highest BCUT2D eigenvalue weighted by Crippen LogP contribution is 2.38. The molecule has 0 aliphatic heterocycles. The zero-order valence-electron chi connectivity index (χ0n) is 12.2. The highest BCUT2D eigenvalue weighted by molar-refractivity contribution is 5.79. The molecule has 1 atom stereocenters. The molecule has 5 nitrogen and oxygen atoms in total. The average Bonchev–Trinajstić information content (AvgIpc) is 3.22. The predicted molar refractivity (Wildman–Crippen MR) is 76.0 cm³/mol. The summed E-state index contributed by atoms with van der Waals surface area (Å²) in [5, 5.41) is 12.3. The van der Waals surface area contributed by atoms with Gasteiger partial charge in [-0.25, -0.2) is 0 Å². The second-order valence-corrected chi connectivity index (χ2v) is 6.75. The highest BCUT2D eigenvalue weighted by atomic mass is 16.4. The van der Waals surface area contributed by atoms with Gasteiger partial charge in [-0.3, -0.25) is 9.59 Å². The molecule has 20 heavy (non-hydrogen) atoms. The number of rotatable bonds is 6. The summed E-state index contributed by atoms with van der Waals surface area (Å²) in [6.45, 7) is 2.39. The summed E-state index contributed by atoms with van der Waals surface area (Å²) < 4.78 is 0. The van der Waals surface area contributed by atoms with Gasteiger partial charge in [0.25, 0.3) is 0 Å². The van der Waals surface area contributed by atoms with Crippen LogP contribution in [0, 0.1) is 17.3 Å². The fourth-order valence-corrected chi connectivity index (χ4v) is 3.03. The van der Waals surface area contributed by atoms with Crippen molar-refractivity contribution in [2.75, 3.05) is 6.54 Å². The number of carbonyl (C=O) groups excluding carboxylic acids is 1. The summed E-state index contributed by atoms with van der Waals surface area (Å²) in [4.78, 5) is 23.4. The van der Waals surface area contributed by atoms with Crippen molar-refractivity contribution in [3.63, 3.8) is 0 Å². The van der Waals surface area contributed by atoms with Gasteiger partial charge in [-0.15, -0.1) is 0 Å². The molecule has 2 rings (SSSR count). The van der Waals surface area contributed by atoms with Crippen LogP contribution < -0.4 is 11.1 Å². The number of nitrogens with one attached hydrogen (secondary N) is 1. The Kier molecular flexibility index (Phi) is 4.68. The first-order valence-corrected chi connectivity index (χ1v) is 7.68. The lowest BCUT2D eigenvalue weighted by molar-refractivity contribution is -0.151. The van der Waals surface area contributed by atoms with E-state index in [1.807, 2.05) is 0 Å². The normalized spacial score (nSPS) is 31.6. The molecule has 0 radical (unpaired) electrons. The van der Waals surface area contributed by atoms with Gasteiger partial charge in [0.05, 0.1) is 5.41 Å². The fraction of sp³-hybridized carbons (Fsp3) is 0.867. The van der Waals surface area contributed by atoms with Crippen molar-refractivity contribution in [2.24, 2.45) is 23.0 Å². The summed E-state index contributed by atoms with van der Waals surface area (Å²) in [7, 11) is 0. The third-order valence-corrected chi connectivity index (χ3v) is 4.96. The summed E-state index contributed by atoms with van der Waals surface area (Å²) in [6, 6.07) is -0.0674. The molecule has 2 fully saturated rings. The lowest BCUT2D eigenvalue weighted by Crippen LogP contribution is -2.46. The Bertz CT molecular complexity index is 371. The first-order chi connectivity index (χ1) is 9.43. The number of hydrogen-bond acceptors (Lipinski definition) is 3. The summed E-state index contributed by atoms with van der Waals surface area (Å²) >= 11 is 0. The van der Waals surface area contributed by atoms with Crippen LogP contribution in [0.2, 0.25) is 0 Å². The van der Waals surface area contributed by atoms with E-state index in [2.05, 4.69) is 12.2 Å². The molecule has 2 aliphatic rings. The molecule has 0 aromatic carbocycles. The predicted octanol–water partition coefficient (Wildman–Crippen LogP) is 1.51. The maximum atomic E-state index is 11.9. The molecular formula is C15H26N2O3. The molecule has 0 spiro atoms. The van der Waals surface area contributed by atoms with Crippen molar-refractivity contribution in [1.29, 1.82) is 0 Å². The smallest absolute Gasteiger partial charge is 0.311 e. The van der Waals surface area contributed by atoms with Gasteiger partial charge in [0.2, 0.25) is 5.91 Å². The maximum Gasteiger partial charge on any atom is 0.311 e. The van der Waals surface area contributed by atoms with Crippen LogP contribution in [-0.4, -0.2) is 29.6 Å². The summed E-state index contributed by atoms with van der Waals surface area (Å²) in [6.07, 6.45) is 5.69. The van der Waals surface area contributed by atoms with Gasteiger partial charge < -0.3 is 16.2 Å². The number of nitrogens with two attached hydrogens (primary N) is 1. The molecule has 1 amide bonds. The Morgan fingerprint density at radius 2 is 1.90 bits per heavy atom. The molecule has 5 heteroatoms. The van der Waals surface area contributed by atoms with E-state index in [0.717, 1.165) is 25.7 Å². The Hall–Kier alpha value is -1.10. The van der Waals surface area contributed by atoms with Gasteiger partial charge in [0, 0.05) is 19.0 Å². The number of carbonyl (C=O) groups is 2. The largest absolute Gasteiger partial charge is 0.481 e. The Balaban J connectivity index is 1.82. The van der Waals surface area contributed by atoms with Crippen LogP contribution in [0.5, 0.6) is 0 Å². The highest BCUT2D eigenvalue weighted by Gasteiger charge is 2.41. The zero-order valence-corrected chi connectivity index (χ0v) is 12.2. The van der Waals surface area contributed by atoms with Gasteiger partial charge in [-0.05, 0) is 50.4 Å². The van der Waals surface area contributed by atoms with Crippen LogP contribution in [0.3, 0.4) is 0 Å². The maximum absolute atomic E-state index is 11.9. The molecule has 2 saturated carbocycles. The quantitative estimate of drug-likeness (QED) is 0.688. The van der Waals surface area contributed by atoms with E-state index >= 15 is 0 Å². The van der Waals surface area contributed by atoms with Gasteiger partial charge in [0.15, 0.2) is 0 Å². The first-order valence-electron chi connectivity index (χ1n) is 7.68. The molecule has 114 valence electrons. The van der Waals surface area contributed by atoms with Crippen LogP contribution in [-0.2, 0) is 9.59 Å². The Morgan fingerprint density at radius 1 is 1.30 bits per heavy atom. The van der Waals surface area contributed by atoms with E-state index in [1.54, 1.807) is 0 Å². The van der Waals surface area contributed by atoms with Crippen molar-refractivity contribution in [3.05, 3.63) is 0 Å². The van der Waals surface area contributed by atoms with E-state index in [4.69, 9.17) is 5.73 Å². The first kappa shape index (κ1) is 15.3. The monoisotopic (exact) mass is 282 g/mol. The number of hydrogen-bond donors (Lipinski definition) is 3. The molecule has 0 bridgehead atoms. The molecule has 0 saturated heterocycles. The third kappa shape index (κ3) is 3.72. The molecule has 0 aromatic rings. The van der Waals surface area contributed by atoms with Crippen molar-refractivity contribution in [3.8, 4) is 0 Å². The standard InChI is InChI=1S/C15H26N2O3/c1-10-4-6-15(7-5-10,14(19)20)9-17-13(18)8-12(16)11-2-3-11/h10-12H,2-9,16H2,1H3,(H,17,18)(H,19,20). The molecular weight excluding hydrogens is 256 g/mol. The molecule has 0 heterocycles. The van der Waals surface area contributed by atoms with Gasteiger partial charge in [-0.2, -0.15) is 0 Å². The molecule has 1 unspecified atom stereocenters. The number of carboxylic acid groups (broad SMARTS) is 1. The minimum Gasteiger partial charge on any atom is -0.481 e. The molecule has 0 aromatic heterocycles. The zero-order chi connectivity index (χ0) is 14.8. The SMILES string of the molecule is CC1CCC(CNC(=O)CC(N)C2CC2)(C(=O)O)CC1. The number of amides is 1. The Labute approximate surface area is 120 Å². The minimum absolute atomic E-state index is 0.0674. The third-order valence-electron chi connectivity index (χ3n) is 4.96. The molecule has 4 N–H and O–H groups in total.